The van der Waals surface area contributed by atoms with Gasteiger partial charge in [-0.2, -0.15) is 0 Å². The quantitative estimate of drug-likeness (QED) is 0.556. The van der Waals surface area contributed by atoms with Gasteiger partial charge in [-0.1, -0.05) is 20.8 Å². The third kappa shape index (κ3) is 4.97. The minimum absolute atomic E-state index is 0.0462. The van der Waals surface area contributed by atoms with Gasteiger partial charge in [-0.15, -0.1) is 0 Å². The van der Waals surface area contributed by atoms with E-state index in [9.17, 15) is 19.5 Å². The maximum atomic E-state index is 12.0. The van der Waals surface area contributed by atoms with Gasteiger partial charge in [0.1, 0.15) is 12.4 Å². The Kier molecular flexibility index (Phi) is 6.76. The predicted molar refractivity (Wildman–Crippen MR) is 87.3 cm³/mol. The van der Waals surface area contributed by atoms with Gasteiger partial charge in [-0.25, -0.2) is 9.59 Å². The molecule has 1 aromatic carbocycles. The van der Waals surface area contributed by atoms with Crippen LogP contribution in [0.25, 0.3) is 0 Å². The Bertz CT molecular complexity index is 624. The number of hydrogen-bond donors (Lipinski definition) is 2. The Morgan fingerprint density at radius 1 is 1.21 bits per heavy atom. The summed E-state index contributed by atoms with van der Waals surface area (Å²) in [5.74, 6) is -1.81. The van der Waals surface area contributed by atoms with E-state index in [-0.39, 0.29) is 30.2 Å². The number of carbonyl (C=O) groups is 3. The molecule has 7 nitrogen and oxygen atoms in total. The number of hydrogen-bond acceptors (Lipinski definition) is 5. The van der Waals surface area contributed by atoms with Crippen LogP contribution in [-0.2, 0) is 9.53 Å². The van der Waals surface area contributed by atoms with E-state index in [1.165, 1.54) is 25.3 Å². The predicted octanol–water partition coefficient (Wildman–Crippen LogP) is 2.10. The smallest absolute Gasteiger partial charge is 0.339 e. The van der Waals surface area contributed by atoms with Crippen molar-refractivity contribution in [1.29, 1.82) is 0 Å². The molecular weight excluding hydrogens is 314 g/mol. The number of rotatable bonds is 8. The third-order valence-electron chi connectivity index (χ3n) is 3.80. The van der Waals surface area contributed by atoms with E-state index in [4.69, 9.17) is 9.47 Å². The Morgan fingerprint density at radius 3 is 2.42 bits per heavy atom. The highest BCUT2D eigenvalue weighted by atomic mass is 16.5. The molecule has 1 rings (SSSR count). The SMILES string of the molecule is CCC(C)(C)C(=O)NCCOC(=O)c1ccc(OC)cc1C(=O)O. The lowest BCUT2D eigenvalue weighted by Crippen LogP contribution is -2.38. The van der Waals surface area contributed by atoms with Gasteiger partial charge < -0.3 is 19.9 Å². The fraction of sp³-hybridized carbons (Fsp3) is 0.471. The number of amides is 1. The zero-order valence-electron chi connectivity index (χ0n) is 14.3. The average Bonchev–Trinajstić information content (AvgIpc) is 2.57. The third-order valence-corrected chi connectivity index (χ3v) is 3.80. The van der Waals surface area contributed by atoms with E-state index in [1.54, 1.807) is 0 Å². The topological polar surface area (TPSA) is 102 Å². The van der Waals surface area contributed by atoms with Crippen LogP contribution in [0.2, 0.25) is 0 Å². The van der Waals surface area contributed by atoms with Gasteiger partial charge in [-0.3, -0.25) is 4.79 Å². The molecule has 0 heterocycles. The minimum Gasteiger partial charge on any atom is -0.497 e. The van der Waals surface area contributed by atoms with Crippen molar-refractivity contribution in [3.8, 4) is 5.75 Å². The largest absolute Gasteiger partial charge is 0.497 e. The van der Waals surface area contributed by atoms with Gasteiger partial charge in [0.05, 0.1) is 24.8 Å². The monoisotopic (exact) mass is 337 g/mol. The first-order chi connectivity index (χ1) is 11.2. The molecule has 0 aliphatic carbocycles. The Hall–Kier alpha value is -2.57. The second kappa shape index (κ2) is 8.33. The lowest BCUT2D eigenvalue weighted by molar-refractivity contribution is -0.129. The fourth-order valence-electron chi connectivity index (χ4n) is 1.79. The zero-order valence-corrected chi connectivity index (χ0v) is 14.3. The molecule has 1 aromatic rings. The van der Waals surface area contributed by atoms with Crippen molar-refractivity contribution >= 4 is 17.8 Å². The van der Waals surface area contributed by atoms with E-state index >= 15 is 0 Å². The van der Waals surface area contributed by atoms with Crippen LogP contribution >= 0.6 is 0 Å². The number of esters is 1. The van der Waals surface area contributed by atoms with Gasteiger partial charge in [0.2, 0.25) is 5.91 Å². The molecule has 24 heavy (non-hydrogen) atoms. The number of carboxylic acids is 1. The average molecular weight is 337 g/mol. The number of methoxy groups -OCH3 is 1. The van der Waals surface area contributed by atoms with Gasteiger partial charge in [0.15, 0.2) is 0 Å². The van der Waals surface area contributed by atoms with Crippen LogP contribution in [0.15, 0.2) is 18.2 Å². The maximum Gasteiger partial charge on any atom is 0.339 e. The van der Waals surface area contributed by atoms with E-state index < -0.39 is 17.4 Å². The number of nitrogens with one attached hydrogen (secondary N) is 1. The van der Waals surface area contributed by atoms with E-state index in [1.807, 2.05) is 20.8 Å². The van der Waals surface area contributed by atoms with Gasteiger partial charge in [-0.05, 0) is 24.6 Å². The first-order valence-corrected chi connectivity index (χ1v) is 7.59. The molecule has 2 N–H and O–H groups in total. The molecule has 0 spiro atoms. The van der Waals surface area contributed by atoms with E-state index in [0.29, 0.717) is 12.2 Å². The van der Waals surface area contributed by atoms with E-state index in [0.717, 1.165) is 0 Å². The van der Waals surface area contributed by atoms with Crippen molar-refractivity contribution < 1.29 is 29.0 Å². The number of aromatic carboxylic acids is 1. The summed E-state index contributed by atoms with van der Waals surface area (Å²) in [5, 5.41) is 11.9. The summed E-state index contributed by atoms with van der Waals surface area (Å²) in [4.78, 5) is 35.1. The molecular formula is C17H23NO6. The number of carbonyl (C=O) groups excluding carboxylic acids is 2. The molecule has 132 valence electrons. The van der Waals surface area contributed by atoms with Gasteiger partial charge >= 0.3 is 11.9 Å². The molecule has 0 atom stereocenters. The second-order valence-electron chi connectivity index (χ2n) is 5.85. The fourth-order valence-corrected chi connectivity index (χ4v) is 1.79. The molecule has 0 unspecified atom stereocenters. The summed E-state index contributed by atoms with van der Waals surface area (Å²) >= 11 is 0. The summed E-state index contributed by atoms with van der Waals surface area (Å²) in [6.07, 6.45) is 0.687. The molecule has 0 bridgehead atoms. The van der Waals surface area contributed by atoms with Crippen molar-refractivity contribution in [1.82, 2.24) is 5.32 Å². The molecule has 0 aromatic heterocycles. The van der Waals surface area contributed by atoms with E-state index in [2.05, 4.69) is 5.32 Å². The minimum atomic E-state index is -1.25. The zero-order chi connectivity index (χ0) is 18.3. The summed E-state index contributed by atoms with van der Waals surface area (Å²) in [7, 11) is 1.40. The summed E-state index contributed by atoms with van der Waals surface area (Å²) in [5.41, 5.74) is -0.754. The Morgan fingerprint density at radius 2 is 1.88 bits per heavy atom. The molecule has 7 heteroatoms. The van der Waals surface area contributed by atoms with Crippen LogP contribution in [0.4, 0.5) is 0 Å². The van der Waals surface area contributed by atoms with Crippen LogP contribution in [-0.4, -0.2) is 43.2 Å². The standard InChI is InChI=1S/C17H23NO6/c1-5-17(2,3)16(22)18-8-9-24-15(21)12-7-6-11(23-4)10-13(12)14(19)20/h6-7,10H,5,8-9H2,1-4H3,(H,18,22)(H,19,20). The van der Waals surface area contributed by atoms with Crippen molar-refractivity contribution in [2.75, 3.05) is 20.3 Å². The van der Waals surface area contributed by atoms with Gasteiger partial charge in [0, 0.05) is 5.41 Å². The van der Waals surface area contributed by atoms with Crippen molar-refractivity contribution in [3.63, 3.8) is 0 Å². The number of carboxylic acid groups (broad SMARTS) is 1. The molecule has 0 fully saturated rings. The highest BCUT2D eigenvalue weighted by Gasteiger charge is 2.25. The van der Waals surface area contributed by atoms with Crippen LogP contribution in [0, 0.1) is 5.41 Å². The van der Waals surface area contributed by atoms with Crippen LogP contribution < -0.4 is 10.1 Å². The normalized spacial score (nSPS) is 10.8. The molecule has 0 radical (unpaired) electrons. The molecule has 0 aliphatic rings. The highest BCUT2D eigenvalue weighted by Crippen LogP contribution is 2.20. The van der Waals surface area contributed by atoms with Crippen molar-refractivity contribution in [2.24, 2.45) is 5.41 Å². The first-order valence-electron chi connectivity index (χ1n) is 7.59. The molecule has 1 amide bonds. The molecule has 0 aliphatic heterocycles. The highest BCUT2D eigenvalue weighted by molar-refractivity contribution is 6.02. The van der Waals surface area contributed by atoms with Crippen molar-refractivity contribution in [2.45, 2.75) is 27.2 Å². The summed E-state index contributed by atoms with van der Waals surface area (Å²) in [6.45, 7) is 5.68. The van der Waals surface area contributed by atoms with Crippen LogP contribution in [0.1, 0.15) is 47.9 Å². The summed E-state index contributed by atoms with van der Waals surface area (Å²) in [6, 6.07) is 4.07. The van der Waals surface area contributed by atoms with Crippen LogP contribution in [0.5, 0.6) is 5.75 Å². The molecule has 0 saturated carbocycles. The lowest BCUT2D eigenvalue weighted by Gasteiger charge is -2.21. The lowest BCUT2D eigenvalue weighted by atomic mass is 9.89. The maximum absolute atomic E-state index is 12.0. The first kappa shape index (κ1) is 19.5. The Balaban J connectivity index is 2.63. The van der Waals surface area contributed by atoms with Crippen LogP contribution in [0.3, 0.4) is 0 Å². The molecule has 0 saturated heterocycles. The number of ether oxygens (including phenoxy) is 2. The van der Waals surface area contributed by atoms with Crippen molar-refractivity contribution in [3.05, 3.63) is 29.3 Å². The van der Waals surface area contributed by atoms with Gasteiger partial charge in [0.25, 0.3) is 0 Å². The second-order valence-corrected chi connectivity index (χ2v) is 5.85. The number of benzene rings is 1. The Labute approximate surface area is 141 Å². The summed E-state index contributed by atoms with van der Waals surface area (Å²) < 4.78 is 9.98.